The zero-order chi connectivity index (χ0) is 18.8. The maximum absolute atomic E-state index is 12.8. The van der Waals surface area contributed by atoms with Crippen LogP contribution < -0.4 is 10.1 Å². The van der Waals surface area contributed by atoms with E-state index in [-0.39, 0.29) is 11.9 Å². The number of carbonyl (C=O) groups excluding carboxylic acids is 1. The summed E-state index contributed by atoms with van der Waals surface area (Å²) in [5.41, 5.74) is 2.54. The van der Waals surface area contributed by atoms with Crippen LogP contribution >= 0.6 is 0 Å². The molecule has 1 aromatic heterocycles. The molecule has 4 rings (SSSR count). The number of hydrogen-bond donors (Lipinski definition) is 1. The Morgan fingerprint density at radius 2 is 1.85 bits per heavy atom. The number of amides is 1. The molecule has 0 radical (unpaired) electrons. The van der Waals surface area contributed by atoms with E-state index < -0.39 is 0 Å². The van der Waals surface area contributed by atoms with Crippen LogP contribution in [0.15, 0.2) is 48.5 Å². The highest BCUT2D eigenvalue weighted by Gasteiger charge is 2.33. The molecule has 1 fully saturated rings. The lowest BCUT2D eigenvalue weighted by Gasteiger charge is -2.19. The quantitative estimate of drug-likeness (QED) is 0.728. The normalized spacial score (nSPS) is 14.6. The van der Waals surface area contributed by atoms with E-state index in [2.05, 4.69) is 20.8 Å². The summed E-state index contributed by atoms with van der Waals surface area (Å²) >= 11 is 0. The molecule has 0 bridgehead atoms. The number of rotatable bonds is 6. The summed E-state index contributed by atoms with van der Waals surface area (Å²) in [6.45, 7) is 1.83. The van der Waals surface area contributed by atoms with Crippen molar-refractivity contribution in [3.63, 3.8) is 0 Å². The number of aryl methyl sites for hydroxylation is 1. The van der Waals surface area contributed by atoms with E-state index in [0.29, 0.717) is 17.3 Å². The summed E-state index contributed by atoms with van der Waals surface area (Å²) in [6.07, 6.45) is 2.27. The molecule has 0 spiro atoms. The van der Waals surface area contributed by atoms with Gasteiger partial charge in [-0.1, -0.05) is 12.1 Å². The van der Waals surface area contributed by atoms with Gasteiger partial charge in [-0.05, 0) is 78.1 Å². The highest BCUT2D eigenvalue weighted by molar-refractivity contribution is 5.94. The molecular weight excluding hydrogens is 342 g/mol. The van der Waals surface area contributed by atoms with Crippen LogP contribution in [0, 0.1) is 12.8 Å². The molecular formula is C20H21N5O2. The second-order valence-electron chi connectivity index (χ2n) is 6.75. The highest BCUT2D eigenvalue weighted by atomic mass is 16.5. The topological polar surface area (TPSA) is 81.9 Å². The predicted octanol–water partition coefficient (Wildman–Crippen LogP) is 2.86. The summed E-state index contributed by atoms with van der Waals surface area (Å²) in [4.78, 5) is 12.8. The van der Waals surface area contributed by atoms with Crippen molar-refractivity contribution < 1.29 is 9.53 Å². The van der Waals surface area contributed by atoms with Crippen LogP contribution in [0.2, 0.25) is 0 Å². The number of methoxy groups -OCH3 is 1. The summed E-state index contributed by atoms with van der Waals surface area (Å²) < 4.78 is 6.85. The minimum atomic E-state index is -0.0808. The highest BCUT2D eigenvalue weighted by Crippen LogP contribution is 2.41. The van der Waals surface area contributed by atoms with Crippen molar-refractivity contribution in [1.82, 2.24) is 25.5 Å². The maximum atomic E-state index is 12.8. The van der Waals surface area contributed by atoms with Gasteiger partial charge in [0.1, 0.15) is 5.75 Å². The SMILES string of the molecule is COc1ccc([C@H](NC(=O)c2ccc(-n3nnnc3C)cc2)C2CC2)cc1. The fourth-order valence-electron chi connectivity index (χ4n) is 3.16. The Morgan fingerprint density at radius 3 is 2.41 bits per heavy atom. The molecule has 7 heteroatoms. The second kappa shape index (κ2) is 7.19. The van der Waals surface area contributed by atoms with Crippen molar-refractivity contribution in [2.45, 2.75) is 25.8 Å². The number of ether oxygens (including phenoxy) is 1. The monoisotopic (exact) mass is 363 g/mol. The Kier molecular flexibility index (Phi) is 4.58. The van der Waals surface area contributed by atoms with Crippen molar-refractivity contribution in [3.8, 4) is 11.4 Å². The molecule has 2 aromatic carbocycles. The Bertz CT molecular complexity index is 930. The number of tetrazole rings is 1. The van der Waals surface area contributed by atoms with Crippen molar-refractivity contribution in [1.29, 1.82) is 0 Å². The fourth-order valence-corrected chi connectivity index (χ4v) is 3.16. The Labute approximate surface area is 157 Å². The van der Waals surface area contributed by atoms with E-state index in [4.69, 9.17) is 4.74 Å². The first-order valence-electron chi connectivity index (χ1n) is 8.96. The molecule has 1 atom stereocenters. The van der Waals surface area contributed by atoms with Crippen LogP contribution in [-0.4, -0.2) is 33.2 Å². The van der Waals surface area contributed by atoms with E-state index in [1.54, 1.807) is 23.9 Å². The summed E-state index contributed by atoms with van der Waals surface area (Å²) in [5, 5.41) is 14.6. The zero-order valence-electron chi connectivity index (χ0n) is 15.3. The average molecular weight is 363 g/mol. The van der Waals surface area contributed by atoms with Gasteiger partial charge in [-0.3, -0.25) is 4.79 Å². The van der Waals surface area contributed by atoms with Gasteiger partial charge in [0.05, 0.1) is 18.8 Å². The van der Waals surface area contributed by atoms with E-state index in [1.807, 2.05) is 43.3 Å². The lowest BCUT2D eigenvalue weighted by atomic mass is 10.0. The first-order chi connectivity index (χ1) is 13.2. The van der Waals surface area contributed by atoms with Crippen LogP contribution in [0.25, 0.3) is 5.69 Å². The molecule has 1 aliphatic rings. The minimum absolute atomic E-state index is 0.0184. The van der Waals surface area contributed by atoms with Gasteiger partial charge >= 0.3 is 0 Å². The van der Waals surface area contributed by atoms with Gasteiger partial charge in [-0.2, -0.15) is 4.68 Å². The summed E-state index contributed by atoms with van der Waals surface area (Å²) in [7, 11) is 1.65. The smallest absolute Gasteiger partial charge is 0.251 e. The number of nitrogens with one attached hydrogen (secondary N) is 1. The molecule has 1 aliphatic carbocycles. The number of hydrogen-bond acceptors (Lipinski definition) is 5. The Morgan fingerprint density at radius 1 is 1.15 bits per heavy atom. The van der Waals surface area contributed by atoms with E-state index in [1.165, 1.54) is 0 Å². The Balaban J connectivity index is 1.50. The van der Waals surface area contributed by atoms with Gasteiger partial charge in [0.15, 0.2) is 5.82 Å². The molecule has 138 valence electrons. The van der Waals surface area contributed by atoms with Gasteiger partial charge in [0, 0.05) is 5.56 Å². The van der Waals surface area contributed by atoms with Crippen molar-refractivity contribution in [2.24, 2.45) is 5.92 Å². The molecule has 0 unspecified atom stereocenters. The van der Waals surface area contributed by atoms with Crippen molar-refractivity contribution >= 4 is 5.91 Å². The second-order valence-corrected chi connectivity index (χ2v) is 6.75. The third-order valence-electron chi connectivity index (χ3n) is 4.85. The number of benzene rings is 2. The zero-order valence-corrected chi connectivity index (χ0v) is 15.3. The molecule has 1 amide bonds. The van der Waals surface area contributed by atoms with Gasteiger partial charge in [-0.15, -0.1) is 5.10 Å². The van der Waals surface area contributed by atoms with Crippen LogP contribution in [0.4, 0.5) is 0 Å². The molecule has 1 heterocycles. The van der Waals surface area contributed by atoms with E-state index in [0.717, 1.165) is 29.8 Å². The first kappa shape index (κ1) is 17.2. The average Bonchev–Trinajstić information content (AvgIpc) is 3.46. The lowest BCUT2D eigenvalue weighted by Crippen LogP contribution is -2.29. The van der Waals surface area contributed by atoms with E-state index >= 15 is 0 Å². The van der Waals surface area contributed by atoms with Crippen molar-refractivity contribution in [3.05, 3.63) is 65.5 Å². The predicted molar refractivity (Wildman–Crippen MR) is 99.8 cm³/mol. The van der Waals surface area contributed by atoms with Crippen LogP contribution in [-0.2, 0) is 0 Å². The van der Waals surface area contributed by atoms with Crippen LogP contribution in [0.5, 0.6) is 5.75 Å². The van der Waals surface area contributed by atoms with Gasteiger partial charge < -0.3 is 10.1 Å². The van der Waals surface area contributed by atoms with Crippen LogP contribution in [0.1, 0.15) is 40.6 Å². The lowest BCUT2D eigenvalue weighted by molar-refractivity contribution is 0.0931. The third-order valence-corrected chi connectivity index (χ3v) is 4.85. The van der Waals surface area contributed by atoms with Gasteiger partial charge in [0.25, 0.3) is 5.91 Å². The van der Waals surface area contributed by atoms with Crippen LogP contribution in [0.3, 0.4) is 0 Å². The van der Waals surface area contributed by atoms with E-state index in [9.17, 15) is 4.79 Å². The molecule has 27 heavy (non-hydrogen) atoms. The standard InChI is InChI=1S/C20H21N5O2/c1-13-22-23-24-25(13)17-9-5-16(6-10-17)20(26)21-19(14-3-4-14)15-7-11-18(27-2)12-8-15/h5-12,14,19H,3-4H2,1-2H3,(H,21,26)/t19-/m1/s1. The van der Waals surface area contributed by atoms with Crippen molar-refractivity contribution in [2.75, 3.05) is 7.11 Å². The molecule has 1 saturated carbocycles. The minimum Gasteiger partial charge on any atom is -0.497 e. The van der Waals surface area contributed by atoms with Gasteiger partial charge in [-0.25, -0.2) is 0 Å². The number of nitrogens with zero attached hydrogens (tertiary/aromatic N) is 4. The fraction of sp³-hybridized carbons (Fsp3) is 0.300. The summed E-state index contributed by atoms with van der Waals surface area (Å²) in [5.74, 6) is 1.92. The molecule has 3 aromatic rings. The molecule has 7 nitrogen and oxygen atoms in total. The number of aromatic nitrogens is 4. The van der Waals surface area contributed by atoms with Gasteiger partial charge in [0.2, 0.25) is 0 Å². The summed E-state index contributed by atoms with van der Waals surface area (Å²) in [6, 6.07) is 15.2. The molecule has 0 aliphatic heterocycles. The largest absolute Gasteiger partial charge is 0.497 e. The Hall–Kier alpha value is -3.22. The number of carbonyl (C=O) groups is 1. The third kappa shape index (κ3) is 3.67. The molecule has 0 saturated heterocycles. The first-order valence-corrected chi connectivity index (χ1v) is 8.96. The maximum Gasteiger partial charge on any atom is 0.251 e. The molecule has 1 N–H and O–H groups in total.